The van der Waals surface area contributed by atoms with Crippen molar-refractivity contribution in [1.82, 2.24) is 0 Å². The van der Waals surface area contributed by atoms with E-state index in [0.29, 0.717) is 18.1 Å². The van der Waals surface area contributed by atoms with Gasteiger partial charge in [0.05, 0.1) is 0 Å². The van der Waals surface area contributed by atoms with Crippen LogP contribution in [-0.4, -0.2) is 5.78 Å². The zero-order valence-corrected chi connectivity index (χ0v) is 15.1. The second-order valence-corrected chi connectivity index (χ2v) is 8.48. The predicted molar refractivity (Wildman–Crippen MR) is 103 cm³/mol. The zero-order valence-electron chi connectivity index (χ0n) is 15.1. The lowest BCUT2D eigenvalue weighted by molar-refractivity contribution is -0.120. The lowest BCUT2D eigenvalue weighted by Crippen LogP contribution is -2.39. The fourth-order valence-electron chi connectivity index (χ4n) is 5.78. The molecular weight excluding hydrogens is 304 g/mol. The Balaban J connectivity index is 1.69. The van der Waals surface area contributed by atoms with Crippen molar-refractivity contribution in [3.05, 3.63) is 58.7 Å². The minimum atomic E-state index is 0.113. The molecule has 0 saturated heterocycles. The fourth-order valence-corrected chi connectivity index (χ4v) is 5.78. The highest BCUT2D eigenvalue weighted by atomic mass is 16.1. The number of hydrogen-bond donors (Lipinski definition) is 0. The van der Waals surface area contributed by atoms with Gasteiger partial charge in [-0.2, -0.15) is 0 Å². The quantitative estimate of drug-likeness (QED) is 0.662. The van der Waals surface area contributed by atoms with Crippen LogP contribution in [0, 0.1) is 5.92 Å². The van der Waals surface area contributed by atoms with Gasteiger partial charge in [-0.1, -0.05) is 55.3 Å². The standard InChI is InChI=1S/C24H26O/c1-2-3-5-17-6-4-7-18-13-23-19(12-22(17)18)11-21(25)15-24(23)14-16-8-9-20(24)10-16/h4,6-8,12-13,20H,2-3,5,9-11,14-15H2,1H3. The van der Waals surface area contributed by atoms with Gasteiger partial charge in [0.2, 0.25) is 0 Å². The maximum Gasteiger partial charge on any atom is 0.138 e. The Bertz CT molecular complexity index is 904. The van der Waals surface area contributed by atoms with E-state index >= 15 is 0 Å². The molecule has 2 aromatic carbocycles. The summed E-state index contributed by atoms with van der Waals surface area (Å²) in [7, 11) is 0. The molecule has 0 radical (unpaired) electrons. The Morgan fingerprint density at radius 3 is 2.88 bits per heavy atom. The van der Waals surface area contributed by atoms with Gasteiger partial charge in [-0.15, -0.1) is 0 Å². The normalized spacial score (nSPS) is 27.2. The van der Waals surface area contributed by atoms with Gasteiger partial charge in [-0.3, -0.25) is 4.79 Å². The molecular formula is C24H26O. The first kappa shape index (κ1) is 15.4. The van der Waals surface area contributed by atoms with Gasteiger partial charge in [0.1, 0.15) is 5.78 Å². The van der Waals surface area contributed by atoms with E-state index in [2.05, 4.69) is 43.3 Å². The van der Waals surface area contributed by atoms with Gasteiger partial charge in [0, 0.05) is 18.3 Å². The number of rotatable bonds is 3. The van der Waals surface area contributed by atoms with Gasteiger partial charge in [-0.25, -0.2) is 0 Å². The molecule has 2 bridgehead atoms. The number of hydrogen-bond acceptors (Lipinski definition) is 1. The number of allylic oxidation sites excluding steroid dienone is 2. The monoisotopic (exact) mass is 330 g/mol. The number of aryl methyl sites for hydroxylation is 1. The lowest BCUT2D eigenvalue weighted by Gasteiger charge is -2.41. The van der Waals surface area contributed by atoms with Crippen LogP contribution in [0.15, 0.2) is 42.0 Å². The van der Waals surface area contributed by atoms with Crippen LogP contribution in [0.2, 0.25) is 0 Å². The summed E-state index contributed by atoms with van der Waals surface area (Å²) in [5.74, 6) is 1.11. The van der Waals surface area contributed by atoms with E-state index in [4.69, 9.17) is 0 Å². The second kappa shape index (κ2) is 5.56. The molecule has 128 valence electrons. The second-order valence-electron chi connectivity index (χ2n) is 8.48. The summed E-state index contributed by atoms with van der Waals surface area (Å²) in [6.45, 7) is 2.25. The first-order valence-corrected chi connectivity index (χ1v) is 9.94. The largest absolute Gasteiger partial charge is 0.299 e. The average molecular weight is 330 g/mol. The average Bonchev–Trinajstić information content (AvgIpc) is 3.20. The highest BCUT2D eigenvalue weighted by Crippen LogP contribution is 2.58. The van der Waals surface area contributed by atoms with E-state index in [9.17, 15) is 4.79 Å². The van der Waals surface area contributed by atoms with Gasteiger partial charge in [0.15, 0.2) is 0 Å². The van der Waals surface area contributed by atoms with Gasteiger partial charge < -0.3 is 0 Å². The first-order valence-electron chi connectivity index (χ1n) is 9.94. The topological polar surface area (TPSA) is 17.1 Å². The SMILES string of the molecule is CCCCc1cccc2cc3c(cc12)CC(=O)CC31CC2=CCC1C2. The van der Waals surface area contributed by atoms with E-state index in [1.54, 1.807) is 5.57 Å². The summed E-state index contributed by atoms with van der Waals surface area (Å²) in [5.41, 5.74) is 5.98. The number of unbranched alkanes of at least 4 members (excludes halogenated alkanes) is 1. The van der Waals surface area contributed by atoms with E-state index < -0.39 is 0 Å². The molecule has 1 nitrogen and oxygen atoms in total. The van der Waals surface area contributed by atoms with E-state index in [1.165, 1.54) is 53.1 Å². The van der Waals surface area contributed by atoms with Gasteiger partial charge in [0.25, 0.3) is 0 Å². The van der Waals surface area contributed by atoms with Crippen LogP contribution in [0.1, 0.15) is 62.1 Å². The molecule has 2 atom stereocenters. The van der Waals surface area contributed by atoms with E-state index in [1.807, 2.05) is 0 Å². The van der Waals surface area contributed by atoms with Crippen molar-refractivity contribution in [3.8, 4) is 0 Å². The van der Waals surface area contributed by atoms with Crippen molar-refractivity contribution in [2.24, 2.45) is 5.92 Å². The summed E-state index contributed by atoms with van der Waals surface area (Å²) in [6, 6.07) is 11.6. The number of benzene rings is 2. The fraction of sp³-hybridized carbons (Fsp3) is 0.458. The molecule has 0 aliphatic heterocycles. The summed E-state index contributed by atoms with van der Waals surface area (Å²) >= 11 is 0. The van der Waals surface area contributed by atoms with Crippen LogP contribution in [0.25, 0.3) is 10.8 Å². The maximum absolute atomic E-state index is 12.6. The van der Waals surface area contributed by atoms with Gasteiger partial charge >= 0.3 is 0 Å². The third-order valence-electron chi connectivity index (χ3n) is 6.95. The molecule has 1 saturated carbocycles. The number of Topliss-reactive ketones (excluding diaryl/α,β-unsaturated/α-hetero) is 1. The Labute approximate surface area is 150 Å². The molecule has 0 N–H and O–H groups in total. The molecule has 0 amide bonds. The molecule has 1 fully saturated rings. The summed E-state index contributed by atoms with van der Waals surface area (Å²) in [6.07, 6.45) is 11.0. The Morgan fingerprint density at radius 2 is 2.12 bits per heavy atom. The van der Waals surface area contributed by atoms with E-state index in [0.717, 1.165) is 19.3 Å². The minimum absolute atomic E-state index is 0.113. The Hall–Kier alpha value is -1.89. The first-order chi connectivity index (χ1) is 12.2. The van der Waals surface area contributed by atoms with Crippen LogP contribution >= 0.6 is 0 Å². The molecule has 3 aliphatic carbocycles. The number of fused-ring (bicyclic) bond motifs is 6. The minimum Gasteiger partial charge on any atom is -0.299 e. The highest BCUT2D eigenvalue weighted by Gasteiger charge is 2.51. The predicted octanol–water partition coefficient (Wildman–Crippen LogP) is 5.68. The van der Waals surface area contributed by atoms with Crippen molar-refractivity contribution < 1.29 is 4.79 Å². The van der Waals surface area contributed by atoms with Crippen LogP contribution in [0.4, 0.5) is 0 Å². The molecule has 1 spiro atoms. The zero-order chi connectivity index (χ0) is 17.0. The third-order valence-corrected chi connectivity index (χ3v) is 6.95. The van der Waals surface area contributed by atoms with Gasteiger partial charge in [-0.05, 0) is 65.5 Å². The lowest BCUT2D eigenvalue weighted by atomic mass is 9.62. The molecule has 3 aliphatic rings. The van der Waals surface area contributed by atoms with E-state index in [-0.39, 0.29) is 5.41 Å². The molecule has 2 unspecified atom stereocenters. The summed E-state index contributed by atoms with van der Waals surface area (Å²) in [5, 5.41) is 2.75. The molecule has 5 rings (SSSR count). The molecule has 0 aromatic heterocycles. The third kappa shape index (κ3) is 2.25. The number of carbonyl (C=O) groups is 1. The van der Waals surface area contributed by atoms with Crippen molar-refractivity contribution in [2.75, 3.05) is 0 Å². The van der Waals surface area contributed by atoms with Crippen molar-refractivity contribution in [1.29, 1.82) is 0 Å². The van der Waals surface area contributed by atoms with Crippen LogP contribution in [-0.2, 0) is 23.1 Å². The number of carbonyl (C=O) groups excluding carboxylic acids is 1. The van der Waals surface area contributed by atoms with Crippen molar-refractivity contribution in [3.63, 3.8) is 0 Å². The van der Waals surface area contributed by atoms with Crippen LogP contribution in [0.5, 0.6) is 0 Å². The summed E-state index contributed by atoms with van der Waals surface area (Å²) in [4.78, 5) is 12.6. The van der Waals surface area contributed by atoms with Crippen LogP contribution in [0.3, 0.4) is 0 Å². The Kier molecular flexibility index (Phi) is 3.42. The highest BCUT2D eigenvalue weighted by molar-refractivity contribution is 5.92. The molecule has 2 aromatic rings. The van der Waals surface area contributed by atoms with Crippen molar-refractivity contribution >= 4 is 16.6 Å². The smallest absolute Gasteiger partial charge is 0.138 e. The Morgan fingerprint density at radius 1 is 1.20 bits per heavy atom. The number of ketones is 1. The maximum atomic E-state index is 12.6. The summed E-state index contributed by atoms with van der Waals surface area (Å²) < 4.78 is 0. The molecule has 1 heteroatoms. The van der Waals surface area contributed by atoms with Crippen molar-refractivity contribution in [2.45, 2.75) is 63.7 Å². The molecule has 0 heterocycles. The van der Waals surface area contributed by atoms with Crippen LogP contribution < -0.4 is 0 Å². The molecule has 25 heavy (non-hydrogen) atoms.